The molecule has 0 fully saturated rings. The molecular formula is C10H13N5O. The molecule has 6 heteroatoms. The Bertz CT molecular complexity index is 439. The summed E-state index contributed by atoms with van der Waals surface area (Å²) in [6, 6.07) is 2.12. The lowest BCUT2D eigenvalue weighted by Crippen LogP contribution is -2.21. The zero-order chi connectivity index (χ0) is 11.4. The van der Waals surface area contributed by atoms with E-state index in [0.29, 0.717) is 30.1 Å². The van der Waals surface area contributed by atoms with E-state index >= 15 is 0 Å². The second-order valence-electron chi connectivity index (χ2n) is 3.62. The number of hydrogen-bond acceptors (Lipinski definition) is 6. The summed E-state index contributed by atoms with van der Waals surface area (Å²) in [5.41, 5.74) is 0. The van der Waals surface area contributed by atoms with Gasteiger partial charge in [-0.25, -0.2) is 9.97 Å². The average molecular weight is 219 g/mol. The van der Waals surface area contributed by atoms with Crippen LogP contribution in [-0.2, 0) is 6.54 Å². The van der Waals surface area contributed by atoms with E-state index in [1.807, 2.05) is 0 Å². The highest BCUT2D eigenvalue weighted by atomic mass is 16.5. The molecule has 84 valence electrons. The predicted molar refractivity (Wildman–Crippen MR) is 57.3 cm³/mol. The van der Waals surface area contributed by atoms with E-state index in [-0.39, 0.29) is 0 Å². The summed E-state index contributed by atoms with van der Waals surface area (Å²) in [6.45, 7) is 4.66. The molecule has 0 radical (unpaired) electrons. The summed E-state index contributed by atoms with van der Waals surface area (Å²) in [4.78, 5) is 12.3. The molecule has 0 aromatic carbocycles. The molecule has 0 amide bonds. The van der Waals surface area contributed by atoms with Crippen molar-refractivity contribution < 1.29 is 4.52 Å². The van der Waals surface area contributed by atoms with Crippen molar-refractivity contribution in [1.82, 2.24) is 25.4 Å². The van der Waals surface area contributed by atoms with Gasteiger partial charge in [-0.1, -0.05) is 19.0 Å². The smallest absolute Gasteiger partial charge is 0.241 e. The van der Waals surface area contributed by atoms with Crippen LogP contribution in [0.2, 0.25) is 0 Å². The second-order valence-corrected chi connectivity index (χ2v) is 3.62. The maximum absolute atomic E-state index is 5.07. The Morgan fingerprint density at radius 1 is 1.25 bits per heavy atom. The van der Waals surface area contributed by atoms with Crippen molar-refractivity contribution in [3.63, 3.8) is 0 Å². The van der Waals surface area contributed by atoms with E-state index in [9.17, 15) is 0 Å². The van der Waals surface area contributed by atoms with Gasteiger partial charge < -0.3 is 9.84 Å². The Morgan fingerprint density at radius 2 is 2.00 bits per heavy atom. The topological polar surface area (TPSA) is 76.7 Å². The Morgan fingerprint density at radius 3 is 2.69 bits per heavy atom. The molecular weight excluding hydrogens is 206 g/mol. The van der Waals surface area contributed by atoms with Crippen molar-refractivity contribution >= 4 is 0 Å². The standard InChI is InChI=1S/C10H13N5O/c1-7(2)13-6-8-14-10(15-16-8)9-11-4-3-5-12-9/h3-5,7,13H,6H2,1-2H3. The van der Waals surface area contributed by atoms with Gasteiger partial charge in [-0.05, 0) is 6.07 Å². The quantitative estimate of drug-likeness (QED) is 0.827. The van der Waals surface area contributed by atoms with E-state index in [4.69, 9.17) is 4.52 Å². The van der Waals surface area contributed by atoms with Gasteiger partial charge >= 0.3 is 0 Å². The first kappa shape index (κ1) is 10.7. The van der Waals surface area contributed by atoms with Crippen molar-refractivity contribution in [2.24, 2.45) is 0 Å². The molecule has 2 aromatic heterocycles. The molecule has 0 spiro atoms. The van der Waals surface area contributed by atoms with Crippen LogP contribution < -0.4 is 5.32 Å². The van der Waals surface area contributed by atoms with Gasteiger partial charge in [0.1, 0.15) is 0 Å². The summed E-state index contributed by atoms with van der Waals surface area (Å²) >= 11 is 0. The van der Waals surface area contributed by atoms with Crippen LogP contribution in [-0.4, -0.2) is 26.2 Å². The van der Waals surface area contributed by atoms with Crippen LogP contribution >= 0.6 is 0 Å². The monoisotopic (exact) mass is 219 g/mol. The molecule has 6 nitrogen and oxygen atoms in total. The summed E-state index contributed by atoms with van der Waals surface area (Å²) in [5.74, 6) is 1.43. The maximum Gasteiger partial charge on any atom is 0.241 e. The first-order valence-electron chi connectivity index (χ1n) is 5.09. The average Bonchev–Trinajstić information content (AvgIpc) is 2.76. The first-order chi connectivity index (χ1) is 7.75. The number of rotatable bonds is 4. The summed E-state index contributed by atoms with van der Waals surface area (Å²) in [5, 5.41) is 7.00. The predicted octanol–water partition coefficient (Wildman–Crippen LogP) is 1.02. The SMILES string of the molecule is CC(C)NCc1nc(-c2ncccn2)no1. The zero-order valence-corrected chi connectivity index (χ0v) is 9.21. The van der Waals surface area contributed by atoms with Gasteiger partial charge in [0.25, 0.3) is 0 Å². The lowest BCUT2D eigenvalue weighted by molar-refractivity contribution is 0.362. The Hall–Kier alpha value is -1.82. The lowest BCUT2D eigenvalue weighted by Gasteiger charge is -2.02. The van der Waals surface area contributed by atoms with Crippen molar-refractivity contribution in [2.75, 3.05) is 0 Å². The molecule has 0 saturated carbocycles. The highest BCUT2D eigenvalue weighted by Crippen LogP contribution is 2.08. The molecule has 0 aliphatic heterocycles. The van der Waals surface area contributed by atoms with Crippen molar-refractivity contribution in [3.8, 4) is 11.6 Å². The molecule has 2 aromatic rings. The molecule has 2 rings (SSSR count). The van der Waals surface area contributed by atoms with E-state index in [1.54, 1.807) is 18.5 Å². The summed E-state index contributed by atoms with van der Waals surface area (Å²) in [7, 11) is 0. The van der Waals surface area contributed by atoms with Gasteiger partial charge in [0.15, 0.2) is 0 Å². The highest BCUT2D eigenvalue weighted by molar-refractivity contribution is 5.40. The fourth-order valence-electron chi connectivity index (χ4n) is 1.12. The van der Waals surface area contributed by atoms with Crippen LogP contribution in [0.15, 0.2) is 23.0 Å². The minimum absolute atomic E-state index is 0.378. The van der Waals surface area contributed by atoms with Gasteiger partial charge in [-0.15, -0.1) is 0 Å². The molecule has 1 N–H and O–H groups in total. The van der Waals surface area contributed by atoms with Crippen LogP contribution in [0.4, 0.5) is 0 Å². The van der Waals surface area contributed by atoms with Crippen LogP contribution in [0.3, 0.4) is 0 Å². The molecule has 16 heavy (non-hydrogen) atoms. The Labute approximate surface area is 93.1 Å². The zero-order valence-electron chi connectivity index (χ0n) is 9.21. The molecule has 0 aliphatic rings. The Balaban J connectivity index is 2.08. The molecule has 0 saturated heterocycles. The lowest BCUT2D eigenvalue weighted by atomic mass is 10.4. The first-order valence-corrected chi connectivity index (χ1v) is 5.09. The van der Waals surface area contributed by atoms with Crippen LogP contribution in [0.1, 0.15) is 19.7 Å². The minimum Gasteiger partial charge on any atom is -0.337 e. The fourth-order valence-corrected chi connectivity index (χ4v) is 1.12. The van der Waals surface area contributed by atoms with E-state index in [0.717, 1.165) is 0 Å². The molecule has 2 heterocycles. The normalized spacial score (nSPS) is 10.9. The summed E-state index contributed by atoms with van der Waals surface area (Å²) in [6.07, 6.45) is 3.29. The number of hydrogen-bond donors (Lipinski definition) is 1. The number of nitrogens with one attached hydrogen (secondary N) is 1. The largest absolute Gasteiger partial charge is 0.337 e. The number of aromatic nitrogens is 4. The maximum atomic E-state index is 5.07. The van der Waals surface area contributed by atoms with Gasteiger partial charge in [-0.2, -0.15) is 4.98 Å². The van der Waals surface area contributed by atoms with E-state index < -0.39 is 0 Å². The number of nitrogens with zero attached hydrogens (tertiary/aromatic N) is 4. The van der Waals surface area contributed by atoms with Gasteiger partial charge in [0, 0.05) is 18.4 Å². The van der Waals surface area contributed by atoms with Crippen molar-refractivity contribution in [3.05, 3.63) is 24.4 Å². The molecule has 0 unspecified atom stereocenters. The van der Waals surface area contributed by atoms with Crippen LogP contribution in [0, 0.1) is 0 Å². The van der Waals surface area contributed by atoms with E-state index in [2.05, 4.69) is 39.3 Å². The summed E-state index contributed by atoms with van der Waals surface area (Å²) < 4.78 is 5.07. The third kappa shape index (κ3) is 2.60. The fraction of sp³-hybridized carbons (Fsp3) is 0.400. The van der Waals surface area contributed by atoms with Gasteiger partial charge in [-0.3, -0.25) is 0 Å². The highest BCUT2D eigenvalue weighted by Gasteiger charge is 2.10. The minimum atomic E-state index is 0.378. The molecule has 0 aliphatic carbocycles. The third-order valence-electron chi connectivity index (χ3n) is 1.90. The second kappa shape index (κ2) is 4.80. The molecule has 0 bridgehead atoms. The van der Waals surface area contributed by atoms with Crippen LogP contribution in [0.25, 0.3) is 11.6 Å². The molecule has 0 atom stereocenters. The van der Waals surface area contributed by atoms with Crippen molar-refractivity contribution in [1.29, 1.82) is 0 Å². The van der Waals surface area contributed by atoms with Gasteiger partial charge in [0.2, 0.25) is 17.5 Å². The van der Waals surface area contributed by atoms with Crippen molar-refractivity contribution in [2.45, 2.75) is 26.4 Å². The van der Waals surface area contributed by atoms with Crippen LogP contribution in [0.5, 0.6) is 0 Å². The third-order valence-corrected chi connectivity index (χ3v) is 1.90. The van der Waals surface area contributed by atoms with Gasteiger partial charge in [0.05, 0.1) is 6.54 Å². The Kier molecular flexibility index (Phi) is 3.21. The van der Waals surface area contributed by atoms with E-state index in [1.165, 1.54) is 0 Å².